The SMILES string of the molecule is COc1ccc(Br)cc1CC(CN)(CO)C1CC1. The number of rotatable bonds is 6. The molecule has 100 valence electrons. The van der Waals surface area contributed by atoms with Crippen molar-refractivity contribution in [2.75, 3.05) is 20.3 Å². The molecule has 0 saturated heterocycles. The van der Waals surface area contributed by atoms with E-state index in [1.165, 1.54) is 12.8 Å². The van der Waals surface area contributed by atoms with Gasteiger partial charge in [0.15, 0.2) is 0 Å². The van der Waals surface area contributed by atoms with E-state index in [1.807, 2.05) is 12.1 Å². The minimum atomic E-state index is -0.186. The molecule has 1 fully saturated rings. The molecule has 2 rings (SSSR count). The fourth-order valence-corrected chi connectivity index (χ4v) is 3.00. The van der Waals surface area contributed by atoms with Crippen molar-refractivity contribution >= 4 is 15.9 Å². The summed E-state index contributed by atoms with van der Waals surface area (Å²) >= 11 is 3.48. The second-order valence-corrected chi connectivity index (χ2v) is 6.05. The van der Waals surface area contributed by atoms with Crippen LogP contribution in [0.3, 0.4) is 0 Å². The third-order valence-electron chi connectivity index (χ3n) is 3.95. The molecule has 1 aromatic rings. The van der Waals surface area contributed by atoms with Crippen LogP contribution in [0.1, 0.15) is 18.4 Å². The predicted molar refractivity (Wildman–Crippen MR) is 75.7 cm³/mol. The van der Waals surface area contributed by atoms with Gasteiger partial charge in [-0.3, -0.25) is 0 Å². The van der Waals surface area contributed by atoms with E-state index in [9.17, 15) is 5.11 Å². The summed E-state index contributed by atoms with van der Waals surface area (Å²) in [5.74, 6) is 1.42. The van der Waals surface area contributed by atoms with Crippen LogP contribution in [0.2, 0.25) is 0 Å². The summed E-state index contributed by atoms with van der Waals surface area (Å²) in [6.45, 7) is 0.660. The molecular weight excluding hydrogens is 294 g/mol. The first-order valence-corrected chi connectivity index (χ1v) is 7.08. The molecule has 4 heteroatoms. The monoisotopic (exact) mass is 313 g/mol. The molecule has 18 heavy (non-hydrogen) atoms. The summed E-state index contributed by atoms with van der Waals surface area (Å²) in [5.41, 5.74) is 6.85. The molecule has 1 unspecified atom stereocenters. The Morgan fingerprint density at radius 1 is 1.50 bits per heavy atom. The van der Waals surface area contributed by atoms with Crippen LogP contribution in [-0.2, 0) is 6.42 Å². The first kappa shape index (κ1) is 13.8. The highest BCUT2D eigenvalue weighted by Gasteiger charge is 2.44. The van der Waals surface area contributed by atoms with Crippen molar-refractivity contribution in [3.8, 4) is 5.75 Å². The van der Waals surface area contributed by atoms with E-state index >= 15 is 0 Å². The third kappa shape index (κ3) is 2.71. The van der Waals surface area contributed by atoms with Crippen LogP contribution >= 0.6 is 15.9 Å². The fraction of sp³-hybridized carbons (Fsp3) is 0.571. The topological polar surface area (TPSA) is 55.5 Å². The fourth-order valence-electron chi connectivity index (χ4n) is 2.59. The van der Waals surface area contributed by atoms with Gasteiger partial charge in [-0.25, -0.2) is 0 Å². The molecule has 3 N–H and O–H groups in total. The molecule has 0 amide bonds. The van der Waals surface area contributed by atoms with E-state index in [0.717, 1.165) is 22.2 Å². The number of nitrogens with two attached hydrogens (primary N) is 1. The molecule has 0 spiro atoms. The van der Waals surface area contributed by atoms with Gasteiger partial charge < -0.3 is 15.6 Å². The number of hydrogen-bond donors (Lipinski definition) is 2. The van der Waals surface area contributed by atoms with Crippen LogP contribution in [0.4, 0.5) is 0 Å². The van der Waals surface area contributed by atoms with Gasteiger partial charge in [0.2, 0.25) is 0 Å². The average molecular weight is 314 g/mol. The summed E-state index contributed by atoms with van der Waals surface area (Å²) in [4.78, 5) is 0. The van der Waals surface area contributed by atoms with Gasteiger partial charge in [-0.1, -0.05) is 15.9 Å². The minimum Gasteiger partial charge on any atom is -0.496 e. The van der Waals surface area contributed by atoms with Crippen LogP contribution in [0, 0.1) is 11.3 Å². The van der Waals surface area contributed by atoms with Crippen molar-refractivity contribution in [1.82, 2.24) is 0 Å². The molecule has 3 nitrogen and oxygen atoms in total. The van der Waals surface area contributed by atoms with Gasteiger partial charge in [-0.2, -0.15) is 0 Å². The van der Waals surface area contributed by atoms with Crippen LogP contribution < -0.4 is 10.5 Å². The van der Waals surface area contributed by atoms with Crippen molar-refractivity contribution in [2.24, 2.45) is 17.1 Å². The Bertz CT molecular complexity index is 414. The Morgan fingerprint density at radius 3 is 2.72 bits per heavy atom. The molecule has 1 atom stereocenters. The number of ether oxygens (including phenoxy) is 1. The van der Waals surface area contributed by atoms with Crippen molar-refractivity contribution in [2.45, 2.75) is 19.3 Å². The van der Waals surface area contributed by atoms with E-state index in [0.29, 0.717) is 12.5 Å². The highest BCUT2D eigenvalue weighted by molar-refractivity contribution is 9.10. The Kier molecular flexibility index (Phi) is 4.30. The predicted octanol–water partition coefficient (Wildman–Crippen LogP) is 2.35. The van der Waals surface area contributed by atoms with E-state index in [2.05, 4.69) is 22.0 Å². The third-order valence-corrected chi connectivity index (χ3v) is 4.44. The standard InChI is InChI=1S/C14H20BrNO2/c1-18-13-5-4-12(15)6-10(13)7-14(8-16,9-17)11-2-3-11/h4-6,11,17H,2-3,7-9,16H2,1H3. The summed E-state index contributed by atoms with van der Waals surface area (Å²) < 4.78 is 6.42. The first-order chi connectivity index (χ1) is 8.65. The average Bonchev–Trinajstić information content (AvgIpc) is 3.21. The second kappa shape index (κ2) is 5.59. The summed E-state index contributed by atoms with van der Waals surface area (Å²) in [5, 5.41) is 9.75. The summed E-state index contributed by atoms with van der Waals surface area (Å²) in [6.07, 6.45) is 3.12. The van der Waals surface area contributed by atoms with Crippen LogP contribution in [0.5, 0.6) is 5.75 Å². The summed E-state index contributed by atoms with van der Waals surface area (Å²) in [7, 11) is 1.67. The summed E-state index contributed by atoms with van der Waals surface area (Å²) in [6, 6.07) is 5.97. The maximum atomic E-state index is 9.75. The maximum absolute atomic E-state index is 9.75. The largest absolute Gasteiger partial charge is 0.496 e. The highest BCUT2D eigenvalue weighted by atomic mass is 79.9. The van der Waals surface area contributed by atoms with Crippen LogP contribution in [-0.4, -0.2) is 25.4 Å². The lowest BCUT2D eigenvalue weighted by Crippen LogP contribution is -2.38. The Balaban J connectivity index is 2.28. The molecule has 1 saturated carbocycles. The highest BCUT2D eigenvalue weighted by Crippen LogP contribution is 2.47. The molecule has 0 aromatic heterocycles. The molecule has 1 aromatic carbocycles. The first-order valence-electron chi connectivity index (χ1n) is 6.28. The van der Waals surface area contributed by atoms with E-state index < -0.39 is 0 Å². The number of benzene rings is 1. The van der Waals surface area contributed by atoms with Gasteiger partial charge in [-0.05, 0) is 48.9 Å². The van der Waals surface area contributed by atoms with Gasteiger partial charge in [0.25, 0.3) is 0 Å². The zero-order valence-corrected chi connectivity index (χ0v) is 12.2. The zero-order valence-electron chi connectivity index (χ0n) is 10.7. The lowest BCUT2D eigenvalue weighted by molar-refractivity contribution is 0.108. The Hall–Kier alpha value is -0.580. The lowest BCUT2D eigenvalue weighted by Gasteiger charge is -2.31. The van der Waals surface area contributed by atoms with Gasteiger partial charge in [-0.15, -0.1) is 0 Å². The van der Waals surface area contributed by atoms with Crippen LogP contribution in [0.15, 0.2) is 22.7 Å². The van der Waals surface area contributed by atoms with Crippen molar-refractivity contribution in [1.29, 1.82) is 0 Å². The lowest BCUT2D eigenvalue weighted by atomic mass is 9.77. The van der Waals surface area contributed by atoms with E-state index in [-0.39, 0.29) is 12.0 Å². The number of aliphatic hydroxyl groups is 1. The van der Waals surface area contributed by atoms with Crippen molar-refractivity contribution in [3.05, 3.63) is 28.2 Å². The van der Waals surface area contributed by atoms with Crippen molar-refractivity contribution in [3.63, 3.8) is 0 Å². The molecule has 1 aliphatic rings. The van der Waals surface area contributed by atoms with Crippen LogP contribution in [0.25, 0.3) is 0 Å². The minimum absolute atomic E-state index is 0.143. The zero-order chi connectivity index (χ0) is 13.2. The van der Waals surface area contributed by atoms with Gasteiger partial charge in [0.1, 0.15) is 5.75 Å². The van der Waals surface area contributed by atoms with Gasteiger partial charge >= 0.3 is 0 Å². The van der Waals surface area contributed by atoms with Crippen molar-refractivity contribution < 1.29 is 9.84 Å². The molecule has 0 bridgehead atoms. The maximum Gasteiger partial charge on any atom is 0.122 e. The van der Waals surface area contributed by atoms with E-state index in [4.69, 9.17) is 10.5 Å². The molecule has 0 radical (unpaired) electrons. The normalized spacial score (nSPS) is 18.4. The van der Waals surface area contributed by atoms with E-state index in [1.54, 1.807) is 7.11 Å². The number of halogens is 1. The molecular formula is C14H20BrNO2. The van der Waals surface area contributed by atoms with Gasteiger partial charge in [0.05, 0.1) is 13.7 Å². The number of methoxy groups -OCH3 is 1. The molecule has 0 heterocycles. The molecule has 0 aliphatic heterocycles. The molecule has 1 aliphatic carbocycles. The smallest absolute Gasteiger partial charge is 0.122 e. The Morgan fingerprint density at radius 2 is 2.22 bits per heavy atom. The number of aliphatic hydroxyl groups excluding tert-OH is 1. The Labute approximate surface area is 116 Å². The second-order valence-electron chi connectivity index (χ2n) is 5.13. The number of hydrogen-bond acceptors (Lipinski definition) is 3. The quantitative estimate of drug-likeness (QED) is 0.847. The van der Waals surface area contributed by atoms with Gasteiger partial charge in [0, 0.05) is 16.4 Å².